The number of aliphatic hydroxyl groups excluding tert-OH is 1. The summed E-state index contributed by atoms with van der Waals surface area (Å²) >= 11 is 1.62. The fourth-order valence-electron chi connectivity index (χ4n) is 2.87. The minimum absolute atomic E-state index is 0.228. The summed E-state index contributed by atoms with van der Waals surface area (Å²) in [5.41, 5.74) is 1.96. The van der Waals surface area contributed by atoms with Gasteiger partial charge in [0.25, 0.3) is 0 Å². The van der Waals surface area contributed by atoms with Crippen molar-refractivity contribution >= 4 is 27.2 Å². The highest BCUT2D eigenvalue weighted by atomic mass is 32.1. The van der Waals surface area contributed by atoms with Crippen LogP contribution >= 0.6 is 11.3 Å². The number of ether oxygens (including phenoxy) is 1. The molecule has 4 nitrogen and oxygen atoms in total. The van der Waals surface area contributed by atoms with E-state index in [2.05, 4.69) is 16.7 Å². The van der Waals surface area contributed by atoms with E-state index >= 15 is 0 Å². The Kier molecular flexibility index (Phi) is 5.32. The van der Waals surface area contributed by atoms with Gasteiger partial charge in [0, 0.05) is 0 Å². The van der Waals surface area contributed by atoms with Crippen LogP contribution < -0.4 is 9.54 Å². The minimum Gasteiger partial charge on any atom is -0.491 e. The molecule has 0 unspecified atom stereocenters. The van der Waals surface area contributed by atoms with E-state index in [-0.39, 0.29) is 6.61 Å². The average molecular weight is 376 g/mol. The van der Waals surface area contributed by atoms with Gasteiger partial charge in [-0.25, -0.2) is 4.99 Å². The first-order chi connectivity index (χ1) is 13.3. The van der Waals surface area contributed by atoms with Gasteiger partial charge in [0.2, 0.25) is 0 Å². The normalized spacial score (nSPS) is 13.0. The molecule has 0 aliphatic heterocycles. The van der Waals surface area contributed by atoms with Crippen molar-refractivity contribution < 1.29 is 9.84 Å². The Hall–Kier alpha value is -2.89. The molecule has 0 radical (unpaired) electrons. The number of hydrogen-bond donors (Lipinski definition) is 1. The molecule has 0 aliphatic carbocycles. The van der Waals surface area contributed by atoms with Gasteiger partial charge in [-0.15, -0.1) is 0 Å². The minimum atomic E-state index is -0.641. The van der Waals surface area contributed by atoms with E-state index in [0.717, 1.165) is 26.5 Å². The van der Waals surface area contributed by atoms with E-state index in [1.807, 2.05) is 72.8 Å². The first kappa shape index (κ1) is 17.5. The van der Waals surface area contributed by atoms with Crippen LogP contribution in [-0.4, -0.2) is 22.4 Å². The molecule has 0 aliphatic rings. The maximum absolute atomic E-state index is 10.5. The summed E-state index contributed by atoms with van der Waals surface area (Å²) < 4.78 is 8.90. The number of benzene rings is 3. The Labute approximate surface area is 161 Å². The van der Waals surface area contributed by atoms with Crippen molar-refractivity contribution in [3.63, 3.8) is 0 Å². The Morgan fingerprint density at radius 1 is 0.889 bits per heavy atom. The summed E-state index contributed by atoms with van der Waals surface area (Å²) in [5, 5.41) is 10.5. The molecule has 1 atom stereocenters. The molecule has 0 saturated heterocycles. The zero-order valence-electron chi connectivity index (χ0n) is 14.7. The summed E-state index contributed by atoms with van der Waals surface area (Å²) in [4.78, 5) is 5.64. The van der Waals surface area contributed by atoms with Gasteiger partial charge in [-0.3, -0.25) is 0 Å². The lowest BCUT2D eigenvalue weighted by atomic mass is 10.3. The van der Waals surface area contributed by atoms with Crippen molar-refractivity contribution in [3.8, 4) is 5.75 Å². The predicted molar refractivity (Wildman–Crippen MR) is 109 cm³/mol. The number of para-hydroxylation sites is 3. The van der Waals surface area contributed by atoms with Crippen LogP contribution in [0.25, 0.3) is 10.2 Å². The van der Waals surface area contributed by atoms with Crippen molar-refractivity contribution in [2.24, 2.45) is 4.99 Å². The van der Waals surface area contributed by atoms with Gasteiger partial charge in [-0.1, -0.05) is 59.9 Å². The SMILES string of the molecule is O[C@H](COc1ccccc1)Cn1c(=Nc2ccccc2)sc2ccccc21. The van der Waals surface area contributed by atoms with E-state index in [4.69, 9.17) is 9.73 Å². The smallest absolute Gasteiger partial charge is 0.191 e. The quantitative estimate of drug-likeness (QED) is 0.543. The number of fused-ring (bicyclic) bond motifs is 1. The van der Waals surface area contributed by atoms with Crippen LogP contribution in [0, 0.1) is 0 Å². The number of nitrogens with zero attached hydrogens (tertiary/aromatic N) is 2. The van der Waals surface area contributed by atoms with Crippen molar-refractivity contribution in [2.75, 3.05) is 6.61 Å². The molecule has 1 N–H and O–H groups in total. The second kappa shape index (κ2) is 8.20. The predicted octanol–water partition coefficient (Wildman–Crippen LogP) is 4.38. The van der Waals surface area contributed by atoms with Crippen LogP contribution in [-0.2, 0) is 6.54 Å². The molecule has 0 fully saturated rings. The van der Waals surface area contributed by atoms with E-state index in [1.54, 1.807) is 11.3 Å². The second-order valence-electron chi connectivity index (χ2n) is 6.19. The number of hydrogen-bond acceptors (Lipinski definition) is 4. The third kappa shape index (κ3) is 4.27. The molecule has 1 aromatic heterocycles. The second-order valence-corrected chi connectivity index (χ2v) is 7.20. The fraction of sp³-hybridized carbons (Fsp3) is 0.136. The van der Waals surface area contributed by atoms with Gasteiger partial charge in [-0.05, 0) is 36.4 Å². The summed E-state index contributed by atoms with van der Waals surface area (Å²) in [6, 6.07) is 27.6. The molecular formula is C22H20N2O2S. The van der Waals surface area contributed by atoms with Crippen LogP contribution in [0.3, 0.4) is 0 Å². The molecule has 1 heterocycles. The summed E-state index contributed by atoms with van der Waals surface area (Å²) in [6.45, 7) is 0.647. The van der Waals surface area contributed by atoms with Crippen molar-refractivity contribution in [3.05, 3.63) is 89.7 Å². The molecule has 3 aromatic carbocycles. The van der Waals surface area contributed by atoms with E-state index in [0.29, 0.717) is 6.54 Å². The van der Waals surface area contributed by atoms with Crippen molar-refractivity contribution in [2.45, 2.75) is 12.6 Å². The van der Waals surface area contributed by atoms with Gasteiger partial charge in [0.15, 0.2) is 4.80 Å². The largest absolute Gasteiger partial charge is 0.491 e. The highest BCUT2D eigenvalue weighted by molar-refractivity contribution is 7.16. The molecular weight excluding hydrogens is 356 g/mol. The van der Waals surface area contributed by atoms with Crippen molar-refractivity contribution in [1.29, 1.82) is 0 Å². The lowest BCUT2D eigenvalue weighted by Crippen LogP contribution is -2.28. The topological polar surface area (TPSA) is 46.8 Å². The fourth-order valence-corrected chi connectivity index (χ4v) is 3.93. The summed E-state index contributed by atoms with van der Waals surface area (Å²) in [5.74, 6) is 0.755. The average Bonchev–Trinajstić information content (AvgIpc) is 3.05. The number of aromatic nitrogens is 1. The zero-order chi connectivity index (χ0) is 18.5. The Morgan fingerprint density at radius 2 is 1.56 bits per heavy atom. The molecule has 136 valence electrons. The van der Waals surface area contributed by atoms with Crippen molar-refractivity contribution in [1.82, 2.24) is 4.57 Å². The van der Waals surface area contributed by atoms with Gasteiger partial charge in [0.05, 0.1) is 22.4 Å². The molecule has 0 saturated carbocycles. The van der Waals surface area contributed by atoms with E-state index < -0.39 is 6.10 Å². The first-order valence-electron chi connectivity index (χ1n) is 8.84. The van der Waals surface area contributed by atoms with Crippen LogP contribution in [0.2, 0.25) is 0 Å². The molecule has 0 bridgehead atoms. The standard InChI is InChI=1S/C22H20N2O2S/c25-18(16-26-19-11-5-2-6-12-19)15-24-20-13-7-8-14-21(20)27-22(24)23-17-9-3-1-4-10-17/h1-14,18,25H,15-16H2/t18-/m0/s1. The molecule has 4 rings (SSSR count). The molecule has 0 spiro atoms. The third-order valence-corrected chi connectivity index (χ3v) is 5.21. The zero-order valence-corrected chi connectivity index (χ0v) is 15.5. The number of thiazole rings is 1. The van der Waals surface area contributed by atoms with Gasteiger partial charge in [-0.2, -0.15) is 0 Å². The third-order valence-electron chi connectivity index (χ3n) is 4.15. The summed E-state index contributed by atoms with van der Waals surface area (Å²) in [7, 11) is 0. The molecule has 4 aromatic rings. The monoisotopic (exact) mass is 376 g/mol. The highest BCUT2D eigenvalue weighted by Gasteiger charge is 2.12. The molecule has 5 heteroatoms. The van der Waals surface area contributed by atoms with E-state index in [9.17, 15) is 5.11 Å². The van der Waals surface area contributed by atoms with Gasteiger partial charge < -0.3 is 14.4 Å². The summed E-state index contributed by atoms with van der Waals surface area (Å²) in [6.07, 6.45) is -0.641. The highest BCUT2D eigenvalue weighted by Crippen LogP contribution is 2.19. The van der Waals surface area contributed by atoms with Crippen LogP contribution in [0.1, 0.15) is 0 Å². The van der Waals surface area contributed by atoms with Crippen LogP contribution in [0.15, 0.2) is 89.9 Å². The van der Waals surface area contributed by atoms with Crippen LogP contribution in [0.4, 0.5) is 5.69 Å². The van der Waals surface area contributed by atoms with Gasteiger partial charge in [0.1, 0.15) is 18.5 Å². The lowest BCUT2D eigenvalue weighted by molar-refractivity contribution is 0.0929. The number of aliphatic hydroxyl groups is 1. The Balaban J connectivity index is 1.62. The van der Waals surface area contributed by atoms with E-state index in [1.165, 1.54) is 0 Å². The Morgan fingerprint density at radius 3 is 2.33 bits per heavy atom. The molecule has 0 amide bonds. The molecule has 27 heavy (non-hydrogen) atoms. The Bertz CT molecular complexity index is 1070. The first-order valence-corrected chi connectivity index (χ1v) is 9.65. The van der Waals surface area contributed by atoms with Crippen LogP contribution in [0.5, 0.6) is 5.75 Å². The maximum atomic E-state index is 10.5. The van der Waals surface area contributed by atoms with Gasteiger partial charge >= 0.3 is 0 Å². The lowest BCUT2D eigenvalue weighted by Gasteiger charge is -2.14. The number of rotatable bonds is 6. The maximum Gasteiger partial charge on any atom is 0.191 e.